The van der Waals surface area contributed by atoms with Crippen molar-refractivity contribution in [3.05, 3.63) is 0 Å². The van der Waals surface area contributed by atoms with Gasteiger partial charge in [0.2, 0.25) is 0 Å². The molecule has 0 heterocycles. The molecule has 0 aliphatic carbocycles. The fraction of sp³-hybridized carbons (Fsp3) is 0.905. The van der Waals surface area contributed by atoms with Gasteiger partial charge in [-0.25, -0.2) is 0 Å². The first-order chi connectivity index (χ1) is 12.5. The molecule has 0 aromatic carbocycles. The largest absolute Gasteiger partial charge is 0.481 e. The minimum absolute atomic E-state index is 0.806. The Kier molecular flexibility index (Phi) is 24.9. The van der Waals surface area contributed by atoms with E-state index in [0.29, 0.717) is 0 Å². The molecule has 0 aromatic rings. The van der Waals surface area contributed by atoms with Crippen LogP contribution in [0.1, 0.15) is 110 Å². The van der Waals surface area contributed by atoms with Crippen molar-refractivity contribution in [3.8, 4) is 0 Å². The third-order valence-electron chi connectivity index (χ3n) is 4.81. The van der Waals surface area contributed by atoms with Crippen molar-refractivity contribution in [2.45, 2.75) is 114 Å². The zero-order valence-corrected chi connectivity index (χ0v) is 19.6. The van der Waals surface area contributed by atoms with Gasteiger partial charge in [0.15, 0.2) is 0 Å². The average Bonchev–Trinajstić information content (AvgIpc) is 2.58. The van der Waals surface area contributed by atoms with Gasteiger partial charge in [-0.05, 0) is 0 Å². The number of unbranched alkanes of at least 4 members (excludes halogenated alkanes) is 10. The standard InChI is InChI=1S/C18H37.C3H4O4.Na/c1-4-6-8-9-10-11-12-13-14-15-17-18(3)16-7-5-2;4-2(5)1-3(6)7;/h18H,3-17H2,1-2H3;1H2,(H,4,5)(H,6,7);. The Labute approximate surface area is 178 Å². The molecule has 0 saturated heterocycles. The molecular weight excluding hydrogens is 339 g/mol. The van der Waals surface area contributed by atoms with Crippen molar-refractivity contribution in [2.75, 3.05) is 0 Å². The molecule has 0 amide bonds. The maximum atomic E-state index is 9.43. The first kappa shape index (κ1) is 28.2. The monoisotopic (exact) mass is 380 g/mol. The van der Waals surface area contributed by atoms with E-state index in [2.05, 4.69) is 13.8 Å². The molecule has 0 fully saturated rings. The van der Waals surface area contributed by atoms with Crippen molar-refractivity contribution in [3.63, 3.8) is 0 Å². The Balaban J connectivity index is 0. The maximum Gasteiger partial charge on any atom is 0.314 e. The normalized spacial score (nSPS) is 11.5. The fourth-order valence-electron chi connectivity index (χ4n) is 3.10. The molecule has 0 aliphatic heterocycles. The van der Waals surface area contributed by atoms with Crippen LogP contribution in [-0.2, 0) is 9.59 Å². The summed E-state index contributed by atoms with van der Waals surface area (Å²) >= 11 is 1.41. The first-order valence-electron chi connectivity index (χ1n) is 10.9. The van der Waals surface area contributed by atoms with Crippen LogP contribution in [-0.4, -0.2) is 50.1 Å². The van der Waals surface area contributed by atoms with Gasteiger partial charge < -0.3 is 10.2 Å². The quantitative estimate of drug-likeness (QED) is 0.178. The third kappa shape index (κ3) is 26.2. The van der Waals surface area contributed by atoms with Crippen LogP contribution in [0.25, 0.3) is 0 Å². The van der Waals surface area contributed by atoms with E-state index in [1.165, 1.54) is 121 Å². The van der Waals surface area contributed by atoms with Crippen molar-refractivity contribution in [1.29, 1.82) is 0 Å². The summed E-state index contributed by atoms with van der Waals surface area (Å²) in [6.07, 6.45) is 19.8. The van der Waals surface area contributed by atoms with E-state index >= 15 is 0 Å². The summed E-state index contributed by atoms with van der Waals surface area (Å²) in [5.41, 5.74) is 0. The molecule has 2 N–H and O–H groups in total. The minimum atomic E-state index is -1.31. The van der Waals surface area contributed by atoms with Crippen LogP contribution < -0.4 is 0 Å². The summed E-state index contributed by atoms with van der Waals surface area (Å²) in [4.78, 5) is 18.9. The summed E-state index contributed by atoms with van der Waals surface area (Å²) in [6.45, 7) is 4.62. The van der Waals surface area contributed by atoms with Crippen LogP contribution in [0.2, 0.25) is 3.67 Å². The molecule has 4 nitrogen and oxygen atoms in total. The van der Waals surface area contributed by atoms with Crippen molar-refractivity contribution < 1.29 is 19.8 Å². The van der Waals surface area contributed by atoms with Crippen molar-refractivity contribution in [2.24, 2.45) is 5.92 Å². The average molecular weight is 381 g/mol. The molecule has 0 saturated carbocycles. The number of carboxylic acids is 2. The van der Waals surface area contributed by atoms with Crippen LogP contribution in [0.5, 0.6) is 0 Å². The molecule has 1 unspecified atom stereocenters. The second-order valence-corrected chi connectivity index (χ2v) is 8.17. The van der Waals surface area contributed by atoms with Gasteiger partial charge in [-0.2, -0.15) is 0 Å². The summed E-state index contributed by atoms with van der Waals surface area (Å²) in [7, 11) is 0. The summed E-state index contributed by atoms with van der Waals surface area (Å²) in [5, 5.41) is 15.4. The molecule has 0 bridgehead atoms. The number of carboxylic acid groups (broad SMARTS) is 2. The zero-order chi connectivity index (χ0) is 20.0. The topological polar surface area (TPSA) is 74.6 Å². The van der Waals surface area contributed by atoms with Gasteiger partial charge in [0.25, 0.3) is 0 Å². The van der Waals surface area contributed by atoms with Gasteiger partial charge in [-0.3, -0.25) is 9.59 Å². The SMILES string of the molecule is CCCCCCCCCCCCC([CH2][Na])CCCC.O=C(O)CC(=O)O. The van der Waals surface area contributed by atoms with Crippen molar-refractivity contribution >= 4 is 39.9 Å². The molecule has 0 spiro atoms. The summed E-state index contributed by atoms with van der Waals surface area (Å²) in [5.74, 6) is -1.54. The second kappa shape index (κ2) is 23.0. The number of carbonyl (C=O) groups is 2. The van der Waals surface area contributed by atoms with Gasteiger partial charge in [0, 0.05) is 0 Å². The smallest absolute Gasteiger partial charge is 0.314 e. The number of aliphatic carboxylic acids is 2. The Bertz CT molecular complexity index is 309. The van der Waals surface area contributed by atoms with Crippen LogP contribution in [0.15, 0.2) is 0 Å². The van der Waals surface area contributed by atoms with Gasteiger partial charge in [0.1, 0.15) is 6.42 Å². The molecule has 0 aromatic heterocycles. The molecule has 0 radical (unpaired) electrons. The van der Waals surface area contributed by atoms with Gasteiger partial charge in [-0.1, -0.05) is 13.3 Å². The van der Waals surface area contributed by atoms with E-state index in [9.17, 15) is 9.59 Å². The van der Waals surface area contributed by atoms with Crippen molar-refractivity contribution in [1.82, 2.24) is 0 Å². The van der Waals surface area contributed by atoms with Gasteiger partial charge in [-0.15, -0.1) is 0 Å². The van der Waals surface area contributed by atoms with Gasteiger partial charge >= 0.3 is 140 Å². The molecule has 0 aliphatic rings. The molecular formula is C21H41NaO4. The van der Waals surface area contributed by atoms with Crippen LogP contribution in [0.4, 0.5) is 0 Å². The predicted molar refractivity (Wildman–Crippen MR) is 110 cm³/mol. The van der Waals surface area contributed by atoms with E-state index in [0.717, 1.165) is 5.92 Å². The fourth-order valence-corrected chi connectivity index (χ4v) is 3.91. The van der Waals surface area contributed by atoms with Crippen LogP contribution >= 0.6 is 0 Å². The zero-order valence-electron chi connectivity index (χ0n) is 17.6. The van der Waals surface area contributed by atoms with Crippen LogP contribution in [0, 0.1) is 5.92 Å². The van der Waals surface area contributed by atoms with E-state index in [-0.39, 0.29) is 0 Å². The van der Waals surface area contributed by atoms with E-state index < -0.39 is 18.4 Å². The summed E-state index contributed by atoms with van der Waals surface area (Å²) < 4.78 is 1.54. The number of hydrogen-bond donors (Lipinski definition) is 2. The number of rotatable bonds is 17. The first-order valence-corrected chi connectivity index (χ1v) is 12.3. The second-order valence-electron chi connectivity index (χ2n) is 7.35. The number of hydrogen-bond acceptors (Lipinski definition) is 2. The van der Waals surface area contributed by atoms with E-state index in [4.69, 9.17) is 10.2 Å². The third-order valence-corrected chi connectivity index (χ3v) is 5.97. The maximum absolute atomic E-state index is 9.43. The molecule has 1 atom stereocenters. The molecule has 150 valence electrons. The summed E-state index contributed by atoms with van der Waals surface area (Å²) in [6, 6.07) is 0. The van der Waals surface area contributed by atoms with Crippen LogP contribution in [0.3, 0.4) is 0 Å². The Morgan fingerprint density at radius 3 is 1.42 bits per heavy atom. The van der Waals surface area contributed by atoms with E-state index in [1.807, 2.05) is 0 Å². The Morgan fingerprint density at radius 2 is 1.08 bits per heavy atom. The minimum Gasteiger partial charge on any atom is -0.481 e. The molecule has 0 rings (SSSR count). The van der Waals surface area contributed by atoms with E-state index in [1.54, 1.807) is 0 Å². The Morgan fingerprint density at radius 1 is 0.692 bits per heavy atom. The Hall–Kier alpha value is -0.0600. The van der Waals surface area contributed by atoms with Gasteiger partial charge in [0.05, 0.1) is 0 Å². The molecule has 5 heteroatoms. The molecule has 26 heavy (non-hydrogen) atoms. The predicted octanol–water partition coefficient (Wildman–Crippen LogP) is 6.24.